The fraction of sp³-hybridized carbons (Fsp3) is 0.500. The number of halogens is 1. The Morgan fingerprint density at radius 2 is 2.00 bits per heavy atom. The van der Waals surface area contributed by atoms with Gasteiger partial charge in [-0.15, -0.1) is 0 Å². The third-order valence-corrected chi connectivity index (χ3v) is 3.37. The predicted octanol–water partition coefficient (Wildman–Crippen LogP) is 3.28. The van der Waals surface area contributed by atoms with Gasteiger partial charge in [0.2, 0.25) is 0 Å². The molecule has 0 N–H and O–H groups in total. The van der Waals surface area contributed by atoms with E-state index < -0.39 is 0 Å². The molecule has 1 aromatic carbocycles. The van der Waals surface area contributed by atoms with Crippen LogP contribution < -0.4 is 4.74 Å². The molecule has 1 rings (SSSR count). The van der Waals surface area contributed by atoms with Gasteiger partial charge in [-0.2, -0.15) is 0 Å². The lowest BCUT2D eigenvalue weighted by Crippen LogP contribution is -2.41. The summed E-state index contributed by atoms with van der Waals surface area (Å²) in [4.78, 5) is 14.1. The topological polar surface area (TPSA) is 29.5 Å². The van der Waals surface area contributed by atoms with Crippen molar-refractivity contribution in [3.8, 4) is 5.75 Å². The highest BCUT2D eigenvalue weighted by Crippen LogP contribution is 2.28. The van der Waals surface area contributed by atoms with Crippen LogP contribution in [0.15, 0.2) is 18.2 Å². The smallest absolute Gasteiger partial charge is 0.328 e. The maximum atomic E-state index is 12.1. The van der Waals surface area contributed by atoms with E-state index in [0.717, 1.165) is 18.7 Å². The Kier molecular flexibility index (Phi) is 5.63. The second-order valence-corrected chi connectivity index (χ2v) is 4.61. The molecule has 0 aliphatic carbocycles. The summed E-state index contributed by atoms with van der Waals surface area (Å²) in [6.45, 7) is 9.39. The largest absolute Gasteiger partial charge is 0.423 e. The van der Waals surface area contributed by atoms with Crippen LogP contribution in [0.2, 0.25) is 5.02 Å². The van der Waals surface area contributed by atoms with E-state index in [4.69, 9.17) is 16.3 Å². The van der Waals surface area contributed by atoms with E-state index in [1.54, 1.807) is 6.07 Å². The number of hydrogen-bond acceptors (Lipinski definition) is 3. The summed E-state index contributed by atoms with van der Waals surface area (Å²) in [5.74, 6) is 0.193. The number of benzene rings is 1. The molecule has 0 bridgehead atoms. The average molecular weight is 270 g/mol. The molecule has 0 unspecified atom stereocenters. The van der Waals surface area contributed by atoms with Crippen LogP contribution in [0.5, 0.6) is 5.75 Å². The third kappa shape index (κ3) is 3.47. The van der Waals surface area contributed by atoms with Crippen molar-refractivity contribution in [2.45, 2.75) is 33.7 Å². The zero-order valence-electron chi connectivity index (χ0n) is 11.4. The molecular formula is C14H20ClNO2. The van der Waals surface area contributed by atoms with Gasteiger partial charge in [-0.3, -0.25) is 4.90 Å². The molecule has 1 aromatic rings. The highest BCUT2D eigenvalue weighted by molar-refractivity contribution is 6.32. The second-order valence-electron chi connectivity index (χ2n) is 4.20. The van der Waals surface area contributed by atoms with Crippen molar-refractivity contribution in [1.29, 1.82) is 0 Å². The van der Waals surface area contributed by atoms with Crippen LogP contribution in [-0.4, -0.2) is 30.0 Å². The number of hydrogen-bond donors (Lipinski definition) is 0. The summed E-state index contributed by atoms with van der Waals surface area (Å²) >= 11 is 6.03. The molecule has 0 fully saturated rings. The number of esters is 1. The van der Waals surface area contributed by atoms with Crippen LogP contribution >= 0.6 is 11.6 Å². The van der Waals surface area contributed by atoms with E-state index in [1.807, 2.05) is 44.7 Å². The number of rotatable bonds is 5. The lowest BCUT2D eigenvalue weighted by atomic mass is 10.2. The zero-order chi connectivity index (χ0) is 13.7. The third-order valence-electron chi connectivity index (χ3n) is 3.07. The van der Waals surface area contributed by atoms with Crippen molar-refractivity contribution >= 4 is 17.6 Å². The van der Waals surface area contributed by atoms with E-state index in [2.05, 4.69) is 0 Å². The van der Waals surface area contributed by atoms with Gasteiger partial charge in [0.1, 0.15) is 6.04 Å². The fourth-order valence-corrected chi connectivity index (χ4v) is 2.11. The quantitative estimate of drug-likeness (QED) is 0.607. The summed E-state index contributed by atoms with van der Waals surface area (Å²) in [6.07, 6.45) is 0. The lowest BCUT2D eigenvalue weighted by Gasteiger charge is -2.24. The van der Waals surface area contributed by atoms with Crippen LogP contribution in [0.4, 0.5) is 0 Å². The number of nitrogens with zero attached hydrogens (tertiary/aromatic N) is 1. The highest BCUT2D eigenvalue weighted by atomic mass is 35.5. The van der Waals surface area contributed by atoms with Crippen molar-refractivity contribution in [2.24, 2.45) is 0 Å². The van der Waals surface area contributed by atoms with Crippen LogP contribution in [0.25, 0.3) is 0 Å². The van der Waals surface area contributed by atoms with Crippen molar-refractivity contribution in [3.05, 3.63) is 28.8 Å². The number of aryl methyl sites for hydroxylation is 1. The van der Waals surface area contributed by atoms with Gasteiger partial charge in [0.25, 0.3) is 0 Å². The summed E-state index contributed by atoms with van der Waals surface area (Å²) in [5, 5.41) is 0.468. The van der Waals surface area contributed by atoms with Gasteiger partial charge in [0, 0.05) is 0 Å². The Morgan fingerprint density at radius 1 is 1.39 bits per heavy atom. The van der Waals surface area contributed by atoms with E-state index in [0.29, 0.717) is 10.8 Å². The Balaban J connectivity index is 2.81. The Morgan fingerprint density at radius 3 is 2.50 bits per heavy atom. The van der Waals surface area contributed by atoms with E-state index in [9.17, 15) is 4.79 Å². The molecule has 0 amide bonds. The van der Waals surface area contributed by atoms with Gasteiger partial charge < -0.3 is 4.74 Å². The number of likely N-dealkylation sites (N-methyl/N-ethyl adjacent to an activating group) is 1. The first kappa shape index (κ1) is 15.0. The standard InChI is InChI=1S/C14H20ClNO2/c1-5-16(6-2)11(4)14(17)18-13-10(3)8-7-9-12(13)15/h7-9,11H,5-6H2,1-4H3/t11-/m0/s1. The van der Waals surface area contributed by atoms with Crippen LogP contribution in [0.3, 0.4) is 0 Å². The summed E-state index contributed by atoms with van der Waals surface area (Å²) < 4.78 is 5.41. The molecule has 0 spiro atoms. The molecule has 0 radical (unpaired) electrons. The maximum absolute atomic E-state index is 12.1. The molecule has 0 aliphatic heterocycles. The van der Waals surface area contributed by atoms with Crippen molar-refractivity contribution in [2.75, 3.05) is 13.1 Å². The molecule has 0 heterocycles. The van der Waals surface area contributed by atoms with Crippen LogP contribution in [0.1, 0.15) is 26.3 Å². The van der Waals surface area contributed by atoms with Crippen molar-refractivity contribution in [1.82, 2.24) is 4.90 Å². The van der Waals surface area contributed by atoms with Crippen LogP contribution in [0, 0.1) is 6.92 Å². The van der Waals surface area contributed by atoms with Crippen LogP contribution in [-0.2, 0) is 4.79 Å². The summed E-state index contributed by atoms with van der Waals surface area (Å²) in [5.41, 5.74) is 0.864. The summed E-state index contributed by atoms with van der Waals surface area (Å²) in [7, 11) is 0. The number of para-hydroxylation sites is 1. The van der Waals surface area contributed by atoms with Gasteiger partial charge in [-0.05, 0) is 38.6 Å². The molecule has 4 heteroatoms. The van der Waals surface area contributed by atoms with E-state index in [1.165, 1.54) is 0 Å². The molecule has 0 saturated carbocycles. The normalized spacial score (nSPS) is 12.6. The monoisotopic (exact) mass is 269 g/mol. The molecule has 0 saturated heterocycles. The van der Waals surface area contributed by atoms with E-state index in [-0.39, 0.29) is 12.0 Å². The number of ether oxygens (including phenoxy) is 1. The van der Waals surface area contributed by atoms with Gasteiger partial charge >= 0.3 is 5.97 Å². The van der Waals surface area contributed by atoms with Crippen molar-refractivity contribution < 1.29 is 9.53 Å². The van der Waals surface area contributed by atoms with Gasteiger partial charge in [0.05, 0.1) is 5.02 Å². The van der Waals surface area contributed by atoms with Gasteiger partial charge in [-0.1, -0.05) is 37.6 Å². The first-order valence-electron chi connectivity index (χ1n) is 6.22. The molecule has 3 nitrogen and oxygen atoms in total. The minimum atomic E-state index is -0.269. The minimum Gasteiger partial charge on any atom is -0.423 e. The Hall–Kier alpha value is -1.06. The van der Waals surface area contributed by atoms with Crippen molar-refractivity contribution in [3.63, 3.8) is 0 Å². The first-order valence-corrected chi connectivity index (χ1v) is 6.59. The maximum Gasteiger partial charge on any atom is 0.328 e. The first-order chi connectivity index (χ1) is 8.51. The van der Waals surface area contributed by atoms with Gasteiger partial charge in [-0.25, -0.2) is 4.79 Å². The second kappa shape index (κ2) is 6.76. The summed E-state index contributed by atoms with van der Waals surface area (Å²) in [6, 6.07) is 5.16. The number of carbonyl (C=O) groups is 1. The fourth-order valence-electron chi connectivity index (χ4n) is 1.85. The van der Waals surface area contributed by atoms with E-state index >= 15 is 0 Å². The predicted molar refractivity (Wildman–Crippen MR) is 74.2 cm³/mol. The Labute approximate surface area is 114 Å². The zero-order valence-corrected chi connectivity index (χ0v) is 12.1. The van der Waals surface area contributed by atoms with Gasteiger partial charge in [0.15, 0.2) is 5.75 Å². The highest BCUT2D eigenvalue weighted by Gasteiger charge is 2.22. The Bertz CT molecular complexity index is 396. The number of carbonyl (C=O) groups excluding carboxylic acids is 1. The minimum absolute atomic E-state index is 0.268. The SMILES string of the molecule is CCN(CC)[C@@H](C)C(=O)Oc1c(C)cccc1Cl. The molecule has 100 valence electrons. The lowest BCUT2D eigenvalue weighted by molar-refractivity contribution is -0.139. The molecule has 1 atom stereocenters. The molecular weight excluding hydrogens is 250 g/mol. The molecule has 0 aliphatic rings. The molecule has 18 heavy (non-hydrogen) atoms. The molecule has 0 aromatic heterocycles. The average Bonchev–Trinajstić information content (AvgIpc) is 2.35.